The molecule has 0 saturated heterocycles. The lowest BCUT2D eigenvalue weighted by Gasteiger charge is -2.20. The Kier molecular flexibility index (Phi) is 4.20. The SMILES string of the molecule is Cc1nn(C)c(C)c1CCC(=O)C1CCCCC1. The molecule has 0 amide bonds. The molecule has 2 rings (SSSR count). The van der Waals surface area contributed by atoms with Crippen LogP contribution in [0.1, 0.15) is 55.5 Å². The molecule has 1 fully saturated rings. The minimum absolute atomic E-state index is 0.344. The third kappa shape index (κ3) is 2.82. The summed E-state index contributed by atoms with van der Waals surface area (Å²) in [4.78, 5) is 12.2. The Bertz CT molecular complexity index is 428. The van der Waals surface area contributed by atoms with Crippen molar-refractivity contribution in [1.29, 1.82) is 0 Å². The zero-order valence-corrected chi connectivity index (χ0v) is 11.8. The minimum atomic E-state index is 0.344. The molecule has 0 spiro atoms. The lowest BCUT2D eigenvalue weighted by Crippen LogP contribution is -2.18. The number of hydrogen-bond acceptors (Lipinski definition) is 2. The summed E-state index contributed by atoms with van der Waals surface area (Å²) in [5.74, 6) is 0.813. The summed E-state index contributed by atoms with van der Waals surface area (Å²) in [6.45, 7) is 4.12. The number of nitrogens with zero attached hydrogens (tertiary/aromatic N) is 2. The highest BCUT2D eigenvalue weighted by atomic mass is 16.1. The van der Waals surface area contributed by atoms with Crippen LogP contribution in [0.4, 0.5) is 0 Å². The van der Waals surface area contributed by atoms with Crippen LogP contribution in [0.3, 0.4) is 0 Å². The maximum absolute atomic E-state index is 12.2. The first-order chi connectivity index (χ1) is 8.59. The zero-order valence-electron chi connectivity index (χ0n) is 11.8. The largest absolute Gasteiger partial charge is 0.299 e. The maximum atomic E-state index is 12.2. The van der Waals surface area contributed by atoms with E-state index in [2.05, 4.69) is 12.0 Å². The van der Waals surface area contributed by atoms with Crippen LogP contribution >= 0.6 is 0 Å². The van der Waals surface area contributed by atoms with Crippen molar-refractivity contribution in [3.8, 4) is 0 Å². The quantitative estimate of drug-likeness (QED) is 0.820. The van der Waals surface area contributed by atoms with Crippen LogP contribution in [-0.4, -0.2) is 15.6 Å². The van der Waals surface area contributed by atoms with Gasteiger partial charge in [-0.25, -0.2) is 0 Å². The van der Waals surface area contributed by atoms with E-state index < -0.39 is 0 Å². The van der Waals surface area contributed by atoms with Crippen LogP contribution in [0.15, 0.2) is 0 Å². The standard InChI is InChI=1S/C15H24N2O/c1-11-14(12(2)17(3)16-11)9-10-15(18)13-7-5-4-6-8-13/h13H,4-10H2,1-3H3. The van der Waals surface area contributed by atoms with Crippen LogP contribution in [0, 0.1) is 19.8 Å². The molecule has 0 aromatic carbocycles. The van der Waals surface area contributed by atoms with Crippen LogP contribution in [0.5, 0.6) is 0 Å². The van der Waals surface area contributed by atoms with Gasteiger partial charge in [0, 0.05) is 25.1 Å². The van der Waals surface area contributed by atoms with Crippen molar-refractivity contribution in [2.45, 2.75) is 58.8 Å². The summed E-state index contributed by atoms with van der Waals surface area (Å²) in [6.07, 6.45) is 7.57. The fourth-order valence-electron chi connectivity index (χ4n) is 3.06. The van der Waals surface area contributed by atoms with Crippen molar-refractivity contribution in [3.05, 3.63) is 17.0 Å². The van der Waals surface area contributed by atoms with Crippen molar-refractivity contribution >= 4 is 5.78 Å². The van der Waals surface area contributed by atoms with E-state index in [0.717, 1.165) is 25.0 Å². The molecular formula is C15H24N2O. The van der Waals surface area contributed by atoms with Gasteiger partial charge in [-0.05, 0) is 38.7 Å². The number of aryl methyl sites for hydroxylation is 2. The summed E-state index contributed by atoms with van der Waals surface area (Å²) >= 11 is 0. The minimum Gasteiger partial charge on any atom is -0.299 e. The number of carbonyl (C=O) groups is 1. The molecule has 3 heteroatoms. The van der Waals surface area contributed by atoms with Gasteiger partial charge in [0.15, 0.2) is 0 Å². The van der Waals surface area contributed by atoms with Gasteiger partial charge in [-0.2, -0.15) is 5.10 Å². The molecule has 1 aliphatic rings. The Hall–Kier alpha value is -1.12. The van der Waals surface area contributed by atoms with Gasteiger partial charge in [0.25, 0.3) is 0 Å². The first kappa shape index (κ1) is 13.3. The van der Waals surface area contributed by atoms with E-state index in [9.17, 15) is 4.79 Å². The van der Waals surface area contributed by atoms with E-state index in [1.807, 2.05) is 18.7 Å². The van der Waals surface area contributed by atoms with Crippen LogP contribution < -0.4 is 0 Å². The fourth-order valence-corrected chi connectivity index (χ4v) is 3.06. The molecule has 0 aliphatic heterocycles. The van der Waals surface area contributed by atoms with Gasteiger partial charge < -0.3 is 0 Å². The molecule has 1 aromatic heterocycles. The summed E-state index contributed by atoms with van der Waals surface area (Å²) in [5.41, 5.74) is 3.54. The van der Waals surface area contributed by atoms with Crippen molar-refractivity contribution in [2.24, 2.45) is 13.0 Å². The molecule has 1 saturated carbocycles. The van der Waals surface area contributed by atoms with Crippen molar-refractivity contribution in [2.75, 3.05) is 0 Å². The van der Waals surface area contributed by atoms with Gasteiger partial charge in [-0.3, -0.25) is 9.48 Å². The molecule has 1 heterocycles. The Morgan fingerprint density at radius 3 is 2.50 bits per heavy atom. The summed E-state index contributed by atoms with van der Waals surface area (Å²) < 4.78 is 1.91. The molecule has 3 nitrogen and oxygen atoms in total. The van der Waals surface area contributed by atoms with Gasteiger partial charge in [0.05, 0.1) is 5.69 Å². The molecule has 0 N–H and O–H groups in total. The van der Waals surface area contributed by atoms with Gasteiger partial charge in [0.2, 0.25) is 0 Å². The molecule has 1 aliphatic carbocycles. The van der Waals surface area contributed by atoms with Crippen LogP contribution in [0.25, 0.3) is 0 Å². The summed E-state index contributed by atoms with van der Waals surface area (Å²) in [6, 6.07) is 0. The second kappa shape index (κ2) is 5.68. The van der Waals surface area contributed by atoms with E-state index in [-0.39, 0.29) is 0 Å². The highest BCUT2D eigenvalue weighted by Crippen LogP contribution is 2.26. The Balaban J connectivity index is 1.92. The third-order valence-electron chi connectivity index (χ3n) is 4.34. The van der Waals surface area contributed by atoms with Gasteiger partial charge in [0.1, 0.15) is 5.78 Å². The van der Waals surface area contributed by atoms with Gasteiger partial charge in [-0.15, -0.1) is 0 Å². The van der Waals surface area contributed by atoms with E-state index in [1.165, 1.54) is 30.5 Å². The fraction of sp³-hybridized carbons (Fsp3) is 0.733. The molecule has 18 heavy (non-hydrogen) atoms. The number of hydrogen-bond donors (Lipinski definition) is 0. The first-order valence-corrected chi connectivity index (χ1v) is 7.11. The molecule has 0 atom stereocenters. The second-order valence-corrected chi connectivity index (χ2v) is 5.57. The number of carbonyl (C=O) groups excluding carboxylic acids is 1. The van der Waals surface area contributed by atoms with E-state index in [1.54, 1.807) is 0 Å². The Labute approximate surface area is 110 Å². The molecule has 0 bridgehead atoms. The molecular weight excluding hydrogens is 224 g/mol. The smallest absolute Gasteiger partial charge is 0.136 e. The third-order valence-corrected chi connectivity index (χ3v) is 4.34. The lowest BCUT2D eigenvalue weighted by atomic mass is 9.84. The Morgan fingerprint density at radius 1 is 1.28 bits per heavy atom. The highest BCUT2D eigenvalue weighted by Gasteiger charge is 2.21. The first-order valence-electron chi connectivity index (χ1n) is 7.11. The van der Waals surface area contributed by atoms with Crippen molar-refractivity contribution in [3.63, 3.8) is 0 Å². The number of rotatable bonds is 4. The lowest BCUT2D eigenvalue weighted by molar-refractivity contribution is -0.123. The molecule has 100 valence electrons. The predicted octanol–water partition coefficient (Wildman–Crippen LogP) is 3.12. The van der Waals surface area contributed by atoms with Crippen LogP contribution in [0.2, 0.25) is 0 Å². The number of aromatic nitrogens is 2. The average molecular weight is 248 g/mol. The number of Topliss-reactive ketones (excluding diaryl/α,β-unsaturated/α-hetero) is 1. The summed E-state index contributed by atoms with van der Waals surface area (Å²) in [5, 5.41) is 4.41. The zero-order chi connectivity index (χ0) is 13.1. The van der Waals surface area contributed by atoms with Gasteiger partial charge >= 0.3 is 0 Å². The maximum Gasteiger partial charge on any atom is 0.136 e. The Morgan fingerprint density at radius 2 is 1.94 bits per heavy atom. The summed E-state index contributed by atoms with van der Waals surface area (Å²) in [7, 11) is 1.97. The van der Waals surface area contributed by atoms with Gasteiger partial charge in [-0.1, -0.05) is 19.3 Å². The van der Waals surface area contributed by atoms with E-state index in [4.69, 9.17) is 0 Å². The van der Waals surface area contributed by atoms with E-state index in [0.29, 0.717) is 18.1 Å². The predicted molar refractivity (Wildman–Crippen MR) is 72.6 cm³/mol. The number of ketones is 1. The van der Waals surface area contributed by atoms with Crippen LogP contribution in [-0.2, 0) is 18.3 Å². The monoisotopic (exact) mass is 248 g/mol. The van der Waals surface area contributed by atoms with E-state index >= 15 is 0 Å². The normalized spacial score (nSPS) is 17.1. The second-order valence-electron chi connectivity index (χ2n) is 5.57. The topological polar surface area (TPSA) is 34.9 Å². The highest BCUT2D eigenvalue weighted by molar-refractivity contribution is 5.81. The van der Waals surface area contributed by atoms with Crippen molar-refractivity contribution < 1.29 is 4.79 Å². The molecule has 0 unspecified atom stereocenters. The molecule has 1 aromatic rings. The molecule has 0 radical (unpaired) electrons. The average Bonchev–Trinajstić information content (AvgIpc) is 2.62. The van der Waals surface area contributed by atoms with Crippen molar-refractivity contribution in [1.82, 2.24) is 9.78 Å².